The van der Waals surface area contributed by atoms with Crippen molar-refractivity contribution in [3.05, 3.63) is 29.6 Å². The van der Waals surface area contributed by atoms with Crippen LogP contribution in [0.2, 0.25) is 0 Å². The Balaban J connectivity index is 2.25. The van der Waals surface area contributed by atoms with Crippen LogP contribution in [0.5, 0.6) is 0 Å². The maximum atomic E-state index is 12.6. The summed E-state index contributed by atoms with van der Waals surface area (Å²) in [5.41, 5.74) is 0.965. The van der Waals surface area contributed by atoms with Crippen molar-refractivity contribution in [2.45, 2.75) is 32.7 Å². The van der Waals surface area contributed by atoms with Gasteiger partial charge in [-0.2, -0.15) is 0 Å². The fraction of sp³-hybridized carbons (Fsp3) is 0.500. The Bertz CT molecular complexity index is 545. The maximum absolute atomic E-state index is 12.6. The molecule has 0 radical (unpaired) electrons. The molecule has 1 aromatic heterocycles. The predicted octanol–water partition coefficient (Wildman–Crippen LogP) is 1.69. The van der Waals surface area contributed by atoms with Crippen molar-refractivity contribution in [2.24, 2.45) is 5.92 Å². The lowest BCUT2D eigenvalue weighted by molar-refractivity contribution is 0.0582. The highest BCUT2D eigenvalue weighted by atomic mass is 16.2. The Hall–Kier alpha value is -1.86. The fourth-order valence-corrected chi connectivity index (χ4v) is 2.66. The number of pyridine rings is 1. The average Bonchev–Trinajstić information content (AvgIpc) is 2.45. The molecule has 1 aliphatic heterocycles. The first-order valence-corrected chi connectivity index (χ1v) is 6.99. The molecule has 2 rings (SSSR count). The van der Waals surface area contributed by atoms with Crippen LogP contribution in [-0.2, 0) is 0 Å². The molecule has 0 spiro atoms. The summed E-state index contributed by atoms with van der Waals surface area (Å²) in [6.45, 7) is 4.84. The van der Waals surface area contributed by atoms with Gasteiger partial charge in [0.25, 0.3) is 5.91 Å². The number of hydrogen-bond donors (Lipinski definition) is 1. The van der Waals surface area contributed by atoms with Crippen molar-refractivity contribution in [3.8, 4) is 11.8 Å². The van der Waals surface area contributed by atoms with Gasteiger partial charge < -0.3 is 10.0 Å². The minimum absolute atomic E-state index is 0.0627. The van der Waals surface area contributed by atoms with E-state index >= 15 is 0 Å². The van der Waals surface area contributed by atoms with Gasteiger partial charge >= 0.3 is 0 Å². The molecule has 2 heterocycles. The highest BCUT2D eigenvalue weighted by Crippen LogP contribution is 2.24. The molecular formula is C16H20N2O2. The molecule has 1 amide bonds. The van der Waals surface area contributed by atoms with E-state index in [0.29, 0.717) is 17.2 Å². The molecule has 20 heavy (non-hydrogen) atoms. The summed E-state index contributed by atoms with van der Waals surface area (Å²) in [6.07, 6.45) is 3.66. The molecule has 2 unspecified atom stereocenters. The number of carbonyl (C=O) groups excluding carboxylic acids is 1. The molecule has 0 bridgehead atoms. The third-order valence-electron chi connectivity index (χ3n) is 3.71. The topological polar surface area (TPSA) is 53.4 Å². The number of aliphatic hydroxyl groups excluding tert-OH is 1. The Morgan fingerprint density at radius 1 is 1.55 bits per heavy atom. The molecular weight excluding hydrogens is 252 g/mol. The van der Waals surface area contributed by atoms with Crippen LogP contribution in [-0.4, -0.2) is 40.1 Å². The van der Waals surface area contributed by atoms with Crippen molar-refractivity contribution in [3.63, 3.8) is 0 Å². The normalized spacial score (nSPS) is 22.1. The summed E-state index contributed by atoms with van der Waals surface area (Å²) in [5, 5.41) is 8.79. The third-order valence-corrected chi connectivity index (χ3v) is 3.71. The zero-order chi connectivity index (χ0) is 14.5. The van der Waals surface area contributed by atoms with Gasteiger partial charge in [-0.3, -0.25) is 4.79 Å². The van der Waals surface area contributed by atoms with Crippen molar-refractivity contribution in [1.29, 1.82) is 0 Å². The fourth-order valence-electron chi connectivity index (χ4n) is 2.66. The molecule has 1 saturated heterocycles. The number of piperidine rings is 1. The number of aliphatic hydroxyl groups is 1. The van der Waals surface area contributed by atoms with Crippen LogP contribution >= 0.6 is 0 Å². The molecule has 1 fully saturated rings. The van der Waals surface area contributed by atoms with Gasteiger partial charge in [-0.15, -0.1) is 0 Å². The van der Waals surface area contributed by atoms with E-state index in [0.717, 1.165) is 19.4 Å². The number of amides is 1. The number of likely N-dealkylation sites (tertiary alicyclic amines) is 1. The molecule has 0 aliphatic carbocycles. The monoisotopic (exact) mass is 272 g/mol. The average molecular weight is 272 g/mol. The van der Waals surface area contributed by atoms with Gasteiger partial charge in [-0.05, 0) is 37.8 Å². The zero-order valence-electron chi connectivity index (χ0n) is 12.0. The molecule has 0 aromatic carbocycles. The van der Waals surface area contributed by atoms with Crippen LogP contribution in [0.15, 0.2) is 18.3 Å². The van der Waals surface area contributed by atoms with E-state index in [-0.39, 0.29) is 18.6 Å². The lowest BCUT2D eigenvalue weighted by Crippen LogP contribution is -2.44. The summed E-state index contributed by atoms with van der Waals surface area (Å²) < 4.78 is 0. The minimum atomic E-state index is -0.222. The molecule has 1 aliphatic rings. The Morgan fingerprint density at radius 2 is 2.35 bits per heavy atom. The summed E-state index contributed by atoms with van der Waals surface area (Å²) in [4.78, 5) is 18.7. The van der Waals surface area contributed by atoms with Crippen LogP contribution < -0.4 is 0 Å². The van der Waals surface area contributed by atoms with E-state index in [2.05, 4.69) is 30.7 Å². The second-order valence-corrected chi connectivity index (χ2v) is 5.34. The molecule has 2 atom stereocenters. The molecule has 4 nitrogen and oxygen atoms in total. The van der Waals surface area contributed by atoms with E-state index in [1.54, 1.807) is 18.3 Å². The molecule has 1 aromatic rings. The largest absolute Gasteiger partial charge is 0.384 e. The van der Waals surface area contributed by atoms with Crippen LogP contribution in [0.3, 0.4) is 0 Å². The van der Waals surface area contributed by atoms with Crippen LogP contribution in [0, 0.1) is 17.8 Å². The first kappa shape index (κ1) is 14.5. The predicted molar refractivity (Wildman–Crippen MR) is 77.1 cm³/mol. The van der Waals surface area contributed by atoms with Crippen molar-refractivity contribution in [1.82, 2.24) is 9.88 Å². The van der Waals surface area contributed by atoms with Gasteiger partial charge in [0.15, 0.2) is 0 Å². The van der Waals surface area contributed by atoms with Crippen LogP contribution in [0.25, 0.3) is 0 Å². The smallest absolute Gasteiger partial charge is 0.273 e. The number of rotatable bonds is 1. The molecule has 106 valence electrons. The number of carbonyl (C=O) groups is 1. The summed E-state index contributed by atoms with van der Waals surface area (Å²) in [6, 6.07) is 3.74. The van der Waals surface area contributed by atoms with Crippen molar-refractivity contribution >= 4 is 5.91 Å². The molecule has 4 heteroatoms. The molecule has 0 saturated carbocycles. The summed E-state index contributed by atoms with van der Waals surface area (Å²) >= 11 is 0. The van der Waals surface area contributed by atoms with E-state index in [9.17, 15) is 4.79 Å². The van der Waals surface area contributed by atoms with Gasteiger partial charge in [-0.25, -0.2) is 4.98 Å². The van der Waals surface area contributed by atoms with E-state index < -0.39 is 0 Å². The Labute approximate surface area is 119 Å². The van der Waals surface area contributed by atoms with E-state index in [1.165, 1.54) is 0 Å². The third kappa shape index (κ3) is 3.17. The maximum Gasteiger partial charge on any atom is 0.273 e. The van der Waals surface area contributed by atoms with Crippen molar-refractivity contribution < 1.29 is 9.90 Å². The first-order chi connectivity index (χ1) is 9.63. The van der Waals surface area contributed by atoms with Crippen LogP contribution in [0.4, 0.5) is 0 Å². The van der Waals surface area contributed by atoms with E-state index in [4.69, 9.17) is 5.11 Å². The Morgan fingerprint density at radius 3 is 3.05 bits per heavy atom. The quantitative estimate of drug-likeness (QED) is 0.791. The summed E-state index contributed by atoms with van der Waals surface area (Å²) in [7, 11) is 0. The highest BCUT2D eigenvalue weighted by Gasteiger charge is 2.29. The van der Waals surface area contributed by atoms with Crippen LogP contribution in [0.1, 0.15) is 42.7 Å². The number of hydrogen-bond acceptors (Lipinski definition) is 3. The number of aromatic nitrogens is 1. The van der Waals surface area contributed by atoms with E-state index in [1.807, 2.05) is 4.90 Å². The standard InChI is InChI=1S/C16H20N2O2/c1-12-7-9-18(13(2)11-12)16(20)15-14(6-4-10-19)5-3-8-17-15/h3,5,8,12-13,19H,7,9-11H2,1-2H3. The minimum Gasteiger partial charge on any atom is -0.384 e. The Kier molecular flexibility index (Phi) is 4.75. The summed E-state index contributed by atoms with van der Waals surface area (Å²) in [5.74, 6) is 5.97. The van der Waals surface area contributed by atoms with Gasteiger partial charge in [0.1, 0.15) is 12.3 Å². The lowest BCUT2D eigenvalue weighted by Gasteiger charge is -2.36. The lowest BCUT2D eigenvalue weighted by atomic mass is 9.93. The second kappa shape index (κ2) is 6.53. The highest BCUT2D eigenvalue weighted by molar-refractivity contribution is 5.95. The van der Waals surface area contributed by atoms with Gasteiger partial charge in [-0.1, -0.05) is 18.8 Å². The SMILES string of the molecule is CC1CCN(C(=O)c2ncccc2C#CCO)C(C)C1. The van der Waals surface area contributed by atoms with Gasteiger partial charge in [0.2, 0.25) is 0 Å². The van der Waals surface area contributed by atoms with Gasteiger partial charge in [0, 0.05) is 18.8 Å². The molecule has 1 N–H and O–H groups in total. The van der Waals surface area contributed by atoms with Gasteiger partial charge in [0.05, 0.1) is 5.56 Å². The number of nitrogens with zero attached hydrogens (tertiary/aromatic N) is 2. The zero-order valence-corrected chi connectivity index (χ0v) is 12.0. The van der Waals surface area contributed by atoms with Crippen molar-refractivity contribution in [2.75, 3.05) is 13.2 Å². The second-order valence-electron chi connectivity index (χ2n) is 5.34. The first-order valence-electron chi connectivity index (χ1n) is 6.99.